The predicted molar refractivity (Wildman–Crippen MR) is 73.2 cm³/mol. The lowest BCUT2D eigenvalue weighted by atomic mass is 9.94. The molecule has 1 atom stereocenters. The summed E-state index contributed by atoms with van der Waals surface area (Å²) in [5, 5.41) is 14.0. The van der Waals surface area contributed by atoms with E-state index in [0.717, 1.165) is 11.1 Å². The van der Waals surface area contributed by atoms with Crippen molar-refractivity contribution >= 4 is 17.6 Å². The van der Waals surface area contributed by atoms with Gasteiger partial charge in [-0.15, -0.1) is 0 Å². The average Bonchev–Trinajstić information content (AvgIpc) is 2.74. The molecule has 4 nitrogen and oxygen atoms in total. The maximum Gasteiger partial charge on any atom is 0.307 e. The van der Waals surface area contributed by atoms with Crippen LogP contribution >= 0.6 is 11.6 Å². The van der Waals surface area contributed by atoms with Gasteiger partial charge in [-0.05, 0) is 36.1 Å². The zero-order chi connectivity index (χ0) is 13.8. The second-order valence-corrected chi connectivity index (χ2v) is 5.03. The van der Waals surface area contributed by atoms with Crippen molar-refractivity contribution in [1.82, 2.24) is 9.78 Å². The molecule has 0 radical (unpaired) electrons. The maximum atomic E-state index is 11.3. The molecule has 0 saturated carbocycles. The fourth-order valence-electron chi connectivity index (χ4n) is 2.06. The molecule has 1 unspecified atom stereocenters. The van der Waals surface area contributed by atoms with E-state index >= 15 is 0 Å². The summed E-state index contributed by atoms with van der Waals surface area (Å²) in [6.07, 6.45) is 4.47. The number of hydrogen-bond acceptors (Lipinski definition) is 2. The van der Waals surface area contributed by atoms with E-state index in [9.17, 15) is 9.90 Å². The van der Waals surface area contributed by atoms with Crippen LogP contribution in [0.1, 0.15) is 11.1 Å². The lowest BCUT2D eigenvalue weighted by molar-refractivity contribution is -0.141. The highest BCUT2D eigenvalue weighted by atomic mass is 35.5. The van der Waals surface area contributed by atoms with Gasteiger partial charge in [0.05, 0.1) is 12.1 Å². The molecule has 1 aromatic carbocycles. The van der Waals surface area contributed by atoms with Gasteiger partial charge in [-0.2, -0.15) is 5.10 Å². The van der Waals surface area contributed by atoms with E-state index in [0.29, 0.717) is 17.9 Å². The first-order valence-corrected chi connectivity index (χ1v) is 6.37. The number of aromatic nitrogens is 2. The number of carboxylic acids is 1. The van der Waals surface area contributed by atoms with E-state index in [-0.39, 0.29) is 0 Å². The van der Waals surface area contributed by atoms with Crippen LogP contribution < -0.4 is 0 Å². The molecule has 0 aliphatic rings. The molecule has 5 heteroatoms. The van der Waals surface area contributed by atoms with Crippen LogP contribution in [0, 0.1) is 5.92 Å². The summed E-state index contributed by atoms with van der Waals surface area (Å²) < 4.78 is 1.67. The fourth-order valence-corrected chi connectivity index (χ4v) is 2.27. The van der Waals surface area contributed by atoms with E-state index in [2.05, 4.69) is 5.10 Å². The summed E-state index contributed by atoms with van der Waals surface area (Å²) in [7, 11) is 1.82. The molecule has 0 amide bonds. The third kappa shape index (κ3) is 3.83. The van der Waals surface area contributed by atoms with E-state index in [1.165, 1.54) is 0 Å². The Bertz CT molecular complexity index is 580. The predicted octanol–water partition coefficient (Wildman–Crippen LogP) is 2.56. The zero-order valence-electron chi connectivity index (χ0n) is 10.6. The van der Waals surface area contributed by atoms with Crippen molar-refractivity contribution in [1.29, 1.82) is 0 Å². The minimum Gasteiger partial charge on any atom is -0.481 e. The van der Waals surface area contributed by atoms with Crippen molar-refractivity contribution in [2.45, 2.75) is 12.8 Å². The minimum absolute atomic E-state index is 0.463. The van der Waals surface area contributed by atoms with Gasteiger partial charge < -0.3 is 5.11 Å². The summed E-state index contributed by atoms with van der Waals surface area (Å²) in [5.41, 5.74) is 1.86. The SMILES string of the molecule is Cn1cc(CC(Cc2cccc(Cl)c2)C(=O)O)cn1. The molecule has 100 valence electrons. The number of halogens is 1. The number of rotatable bonds is 5. The van der Waals surface area contributed by atoms with Crippen molar-refractivity contribution in [3.8, 4) is 0 Å². The number of aryl methyl sites for hydroxylation is 1. The molecule has 0 aliphatic heterocycles. The highest BCUT2D eigenvalue weighted by Gasteiger charge is 2.19. The number of benzene rings is 1. The summed E-state index contributed by atoms with van der Waals surface area (Å²) in [4.78, 5) is 11.3. The Labute approximate surface area is 116 Å². The molecule has 2 rings (SSSR count). The van der Waals surface area contributed by atoms with Gasteiger partial charge in [-0.3, -0.25) is 9.48 Å². The van der Waals surface area contributed by atoms with Gasteiger partial charge in [0, 0.05) is 18.3 Å². The molecule has 0 spiro atoms. The zero-order valence-corrected chi connectivity index (χ0v) is 11.3. The van der Waals surface area contributed by atoms with Gasteiger partial charge in [-0.1, -0.05) is 23.7 Å². The molecule has 1 N–H and O–H groups in total. The Balaban J connectivity index is 2.10. The maximum absolute atomic E-state index is 11.3. The Hall–Kier alpha value is -1.81. The van der Waals surface area contributed by atoms with Crippen molar-refractivity contribution in [2.75, 3.05) is 0 Å². The number of aliphatic carboxylic acids is 1. The van der Waals surface area contributed by atoms with Crippen LogP contribution in [-0.4, -0.2) is 20.9 Å². The molecule has 19 heavy (non-hydrogen) atoms. The van der Waals surface area contributed by atoms with Gasteiger partial charge in [0.15, 0.2) is 0 Å². The van der Waals surface area contributed by atoms with Gasteiger partial charge in [0.25, 0.3) is 0 Å². The van der Waals surface area contributed by atoms with Gasteiger partial charge in [0.2, 0.25) is 0 Å². The summed E-state index contributed by atoms with van der Waals surface area (Å²) in [6.45, 7) is 0. The second kappa shape index (κ2) is 5.89. The molecule has 1 aromatic heterocycles. The van der Waals surface area contributed by atoms with Gasteiger partial charge in [-0.25, -0.2) is 0 Å². The first-order valence-electron chi connectivity index (χ1n) is 5.99. The van der Waals surface area contributed by atoms with E-state index in [4.69, 9.17) is 11.6 Å². The van der Waals surface area contributed by atoms with Crippen molar-refractivity contribution < 1.29 is 9.90 Å². The van der Waals surface area contributed by atoms with Crippen molar-refractivity contribution in [3.63, 3.8) is 0 Å². The number of carbonyl (C=O) groups is 1. The highest BCUT2D eigenvalue weighted by molar-refractivity contribution is 6.30. The Kier molecular flexibility index (Phi) is 4.22. The monoisotopic (exact) mass is 278 g/mol. The lowest BCUT2D eigenvalue weighted by Crippen LogP contribution is -2.19. The largest absolute Gasteiger partial charge is 0.481 e. The third-order valence-electron chi connectivity index (χ3n) is 2.96. The van der Waals surface area contributed by atoms with E-state index in [1.54, 1.807) is 23.0 Å². The third-order valence-corrected chi connectivity index (χ3v) is 3.20. The summed E-state index contributed by atoms with van der Waals surface area (Å²) >= 11 is 5.91. The van der Waals surface area contributed by atoms with Crippen molar-refractivity contribution in [2.24, 2.45) is 13.0 Å². The first kappa shape index (κ1) is 13.6. The van der Waals surface area contributed by atoms with E-state index in [1.807, 2.05) is 25.4 Å². The molecule has 0 aliphatic carbocycles. The van der Waals surface area contributed by atoms with Crippen LogP contribution in [0.25, 0.3) is 0 Å². The van der Waals surface area contributed by atoms with Crippen LogP contribution in [-0.2, 0) is 24.7 Å². The Morgan fingerprint density at radius 2 is 2.16 bits per heavy atom. The molecule has 0 saturated heterocycles. The average molecular weight is 279 g/mol. The summed E-state index contributed by atoms with van der Waals surface area (Å²) in [5.74, 6) is -1.27. The Morgan fingerprint density at radius 1 is 1.42 bits per heavy atom. The van der Waals surface area contributed by atoms with Crippen LogP contribution in [0.15, 0.2) is 36.7 Å². The summed E-state index contributed by atoms with van der Waals surface area (Å²) in [6, 6.07) is 7.31. The van der Waals surface area contributed by atoms with Crippen LogP contribution in [0.4, 0.5) is 0 Å². The van der Waals surface area contributed by atoms with Gasteiger partial charge >= 0.3 is 5.97 Å². The highest BCUT2D eigenvalue weighted by Crippen LogP contribution is 2.18. The lowest BCUT2D eigenvalue weighted by Gasteiger charge is -2.11. The molecule has 0 bridgehead atoms. The second-order valence-electron chi connectivity index (χ2n) is 4.60. The quantitative estimate of drug-likeness (QED) is 0.914. The minimum atomic E-state index is -0.802. The number of carboxylic acid groups (broad SMARTS) is 1. The van der Waals surface area contributed by atoms with Crippen LogP contribution in [0.2, 0.25) is 5.02 Å². The van der Waals surface area contributed by atoms with Gasteiger partial charge in [0.1, 0.15) is 0 Å². The first-order chi connectivity index (χ1) is 9.04. The molecular formula is C14H15ClN2O2. The molecular weight excluding hydrogens is 264 g/mol. The number of hydrogen-bond donors (Lipinski definition) is 1. The standard InChI is InChI=1S/C14H15ClN2O2/c1-17-9-11(8-16-17)6-12(14(18)19)5-10-3-2-4-13(15)7-10/h2-4,7-9,12H,5-6H2,1H3,(H,18,19). The fraction of sp³-hybridized carbons (Fsp3) is 0.286. The van der Waals surface area contributed by atoms with Crippen molar-refractivity contribution in [3.05, 3.63) is 52.8 Å². The normalized spacial score (nSPS) is 12.3. The van der Waals surface area contributed by atoms with Crippen LogP contribution in [0.3, 0.4) is 0 Å². The number of nitrogens with zero attached hydrogens (tertiary/aromatic N) is 2. The Morgan fingerprint density at radius 3 is 2.74 bits per heavy atom. The molecule has 2 aromatic rings. The molecule has 1 heterocycles. The smallest absolute Gasteiger partial charge is 0.307 e. The topological polar surface area (TPSA) is 55.1 Å². The molecule has 0 fully saturated rings. The van der Waals surface area contributed by atoms with Crippen LogP contribution in [0.5, 0.6) is 0 Å². The van der Waals surface area contributed by atoms with E-state index < -0.39 is 11.9 Å².